The minimum absolute atomic E-state index is 0.170. The van der Waals surface area contributed by atoms with Crippen molar-refractivity contribution in [2.24, 2.45) is 0 Å². The lowest BCUT2D eigenvalue weighted by Crippen LogP contribution is -2.16. The molecule has 0 bridgehead atoms. The number of benzene rings is 14. The third-order valence-electron chi connectivity index (χ3n) is 20.5. The van der Waals surface area contributed by atoms with E-state index in [1.807, 2.05) is 162 Å². The van der Waals surface area contributed by atoms with Gasteiger partial charge in [0.2, 0.25) is 0 Å². The Morgan fingerprint density at radius 1 is 0.240 bits per heavy atom. The number of aromatic nitrogens is 6. The monoisotopic (exact) mass is 1310 g/mol. The van der Waals surface area contributed by atoms with Crippen LogP contribution in [-0.4, -0.2) is 27.4 Å². The number of fused-ring (bicyclic) bond motifs is 18. The van der Waals surface area contributed by atoms with Crippen molar-refractivity contribution >= 4 is 131 Å². The summed E-state index contributed by atoms with van der Waals surface area (Å²) in [5, 5.41) is 23.6. The predicted molar refractivity (Wildman–Crippen MR) is 393 cm³/mol. The summed E-state index contributed by atoms with van der Waals surface area (Å²) in [6.45, 7) is 0. The van der Waals surface area contributed by atoms with Crippen LogP contribution in [0.3, 0.4) is 0 Å². The first-order chi connectivity index (χ1) is 48.9. The molecule has 7 nitrogen and oxygen atoms in total. The third-order valence-corrected chi connectivity index (χ3v) is 20.5. The van der Waals surface area contributed by atoms with Crippen LogP contribution < -0.4 is 0 Å². The Morgan fingerprint density at radius 2 is 0.490 bits per heavy atom. The van der Waals surface area contributed by atoms with Crippen molar-refractivity contribution in [1.29, 1.82) is 5.26 Å². The topological polar surface area (TPSA) is 53.4 Å². The largest absolute Gasteiger partial charge is 0.417 e. The van der Waals surface area contributed by atoms with E-state index in [9.17, 15) is 5.26 Å². The molecule has 100 heavy (non-hydrogen) atoms. The molecule has 0 fully saturated rings. The number of halogens is 6. The second kappa shape index (κ2) is 21.0. The number of hydrogen-bond donors (Lipinski definition) is 0. The quantitative estimate of drug-likeness (QED) is 0.147. The van der Waals surface area contributed by atoms with Gasteiger partial charge in [-0.05, 0) is 140 Å². The normalized spacial score (nSPS) is 12.5. The second-order valence-electron chi connectivity index (χ2n) is 25.6. The molecule has 0 radical (unpaired) electrons. The summed E-state index contributed by atoms with van der Waals surface area (Å²) in [5.74, 6) is 0. The fraction of sp³-hybridized carbons (Fsp3) is 0.0230. The maximum atomic E-state index is 16.1. The summed E-state index contributed by atoms with van der Waals surface area (Å²) in [6, 6.07) is 97.0. The minimum atomic E-state index is -5.29. The van der Waals surface area contributed by atoms with E-state index in [1.165, 1.54) is 12.1 Å². The van der Waals surface area contributed by atoms with Crippen molar-refractivity contribution < 1.29 is 26.3 Å². The van der Waals surface area contributed by atoms with Crippen LogP contribution in [0.4, 0.5) is 26.3 Å². The van der Waals surface area contributed by atoms with Gasteiger partial charge in [-0.25, -0.2) is 0 Å². The van der Waals surface area contributed by atoms with Gasteiger partial charge in [-0.3, -0.25) is 0 Å². The highest BCUT2D eigenvalue weighted by Gasteiger charge is 2.43. The van der Waals surface area contributed by atoms with Gasteiger partial charge in [0.05, 0.1) is 88.7 Å². The molecule has 6 aromatic heterocycles. The number of para-hydroxylation sites is 8. The summed E-state index contributed by atoms with van der Waals surface area (Å²) in [7, 11) is 0. The molecular weight excluding hydrogens is 1260 g/mol. The number of rotatable bonds is 7. The SMILES string of the molecule is N#Cc1c(-n2c3ccc(-n4c5ccccc5c5ccccc54)cc3c3cc(-n4c5ccccc5c5ccccc54)ccc32)ccc(-c2c(C(F)(F)F)cccc2C(F)(F)F)c1-n1c2ccc(-n3c4ccccc4c4ccccc43)cc2c2cc(-n3c4ccccc4c4ccccc43)ccc21. The third kappa shape index (κ3) is 8.10. The van der Waals surface area contributed by atoms with Crippen LogP contribution in [-0.2, 0) is 12.4 Å². The van der Waals surface area contributed by atoms with E-state index < -0.39 is 34.6 Å². The number of hydrogen-bond acceptors (Lipinski definition) is 1. The molecular formula is C87H49F6N7. The molecule has 6 heterocycles. The van der Waals surface area contributed by atoms with Crippen molar-refractivity contribution in [2.45, 2.75) is 12.4 Å². The highest BCUT2D eigenvalue weighted by atomic mass is 19.4. The highest BCUT2D eigenvalue weighted by Crippen LogP contribution is 2.51. The van der Waals surface area contributed by atoms with E-state index in [0.717, 1.165) is 127 Å². The van der Waals surface area contributed by atoms with Crippen molar-refractivity contribution in [3.8, 4) is 51.3 Å². The van der Waals surface area contributed by atoms with E-state index in [4.69, 9.17) is 0 Å². The lowest BCUT2D eigenvalue weighted by Gasteiger charge is -2.24. The number of nitrogens with zero attached hydrogens (tertiary/aromatic N) is 7. The lowest BCUT2D eigenvalue weighted by molar-refractivity contribution is -0.142. The van der Waals surface area contributed by atoms with E-state index in [0.29, 0.717) is 45.0 Å². The van der Waals surface area contributed by atoms with E-state index >= 15 is 26.3 Å². The molecule has 0 amide bonds. The first-order valence-corrected chi connectivity index (χ1v) is 32.9. The lowest BCUT2D eigenvalue weighted by atomic mass is 9.90. The van der Waals surface area contributed by atoms with Crippen LogP contribution in [0.15, 0.2) is 297 Å². The van der Waals surface area contributed by atoms with Gasteiger partial charge in [-0.2, -0.15) is 31.6 Å². The molecule has 13 heteroatoms. The summed E-state index contributed by atoms with van der Waals surface area (Å²) in [4.78, 5) is 0. The molecule has 0 aliphatic carbocycles. The van der Waals surface area contributed by atoms with Gasteiger partial charge in [-0.15, -0.1) is 0 Å². The molecule has 0 unspecified atom stereocenters. The van der Waals surface area contributed by atoms with Gasteiger partial charge in [-0.1, -0.05) is 158 Å². The summed E-state index contributed by atoms with van der Waals surface area (Å²) in [5.41, 5.74) is 8.32. The van der Waals surface area contributed by atoms with Crippen molar-refractivity contribution in [3.63, 3.8) is 0 Å². The van der Waals surface area contributed by atoms with Crippen LogP contribution in [0.1, 0.15) is 16.7 Å². The van der Waals surface area contributed by atoms with Gasteiger partial charge in [0.25, 0.3) is 0 Å². The Labute approximate surface area is 564 Å². The van der Waals surface area contributed by atoms with Gasteiger partial charge >= 0.3 is 12.4 Å². The minimum Gasteiger partial charge on any atom is -0.309 e. The summed E-state index contributed by atoms with van der Waals surface area (Å²) in [6.07, 6.45) is -10.6. The highest BCUT2D eigenvalue weighted by molar-refractivity contribution is 6.17. The fourth-order valence-corrected chi connectivity index (χ4v) is 16.5. The standard InChI is InChI=1S/C87H49F6N7/c88-86(89,90)69-26-17-27-70(87(91,92)93)84(69)63-40-45-83(99-79-41-36-51(95-71-28-9-1-18-55(71)56-19-2-10-29-72(56)95)46-64(79)65-47-52(37-42-80(65)99)96-73-30-11-3-20-57(73)58-21-4-12-31-74(58)96)68(50-94)85(63)100-81-43-38-53(97-75-32-13-5-22-59(75)60-23-6-14-33-76(60)97)48-66(81)67-49-54(39-44-82(67)100)98-77-34-15-7-24-61(77)62-25-8-16-35-78(62)98/h1-49H. The molecule has 0 saturated heterocycles. The first kappa shape index (κ1) is 57.2. The van der Waals surface area contributed by atoms with Gasteiger partial charge in [0.1, 0.15) is 11.6 Å². The predicted octanol–water partition coefficient (Wildman–Crippen LogP) is 23.8. The molecule has 14 aromatic carbocycles. The average molecular weight is 1310 g/mol. The van der Waals surface area contributed by atoms with E-state index in [2.05, 4.69) is 134 Å². The molecule has 0 N–H and O–H groups in total. The molecule has 20 aromatic rings. The zero-order valence-electron chi connectivity index (χ0n) is 52.7. The Morgan fingerprint density at radius 3 is 0.750 bits per heavy atom. The second-order valence-corrected chi connectivity index (χ2v) is 25.6. The molecule has 0 spiro atoms. The van der Waals surface area contributed by atoms with Crippen LogP contribution in [0.5, 0.6) is 0 Å². The van der Waals surface area contributed by atoms with Crippen LogP contribution in [0.2, 0.25) is 0 Å². The Bertz CT molecular complexity index is 6390. The summed E-state index contributed by atoms with van der Waals surface area (Å²) >= 11 is 0. The molecule has 474 valence electrons. The zero-order chi connectivity index (χ0) is 67.0. The van der Waals surface area contributed by atoms with Crippen LogP contribution >= 0.6 is 0 Å². The van der Waals surface area contributed by atoms with E-state index in [-0.39, 0.29) is 16.9 Å². The smallest absolute Gasteiger partial charge is 0.309 e. The van der Waals surface area contributed by atoms with Crippen LogP contribution in [0, 0.1) is 11.3 Å². The Balaban J connectivity index is 0.925. The molecule has 0 aliphatic rings. The maximum absolute atomic E-state index is 16.1. The van der Waals surface area contributed by atoms with Crippen LogP contribution in [0.25, 0.3) is 176 Å². The molecule has 20 rings (SSSR count). The summed E-state index contributed by atoms with van der Waals surface area (Å²) < 4.78 is 109. The van der Waals surface area contributed by atoms with E-state index in [1.54, 1.807) is 4.57 Å². The fourth-order valence-electron chi connectivity index (χ4n) is 16.5. The molecule has 0 atom stereocenters. The van der Waals surface area contributed by atoms with Gasteiger partial charge in [0.15, 0.2) is 0 Å². The Hall–Kier alpha value is -13.1. The maximum Gasteiger partial charge on any atom is 0.417 e. The molecule has 0 aliphatic heterocycles. The molecule has 0 saturated carbocycles. The average Bonchev–Trinajstić information content (AvgIpc) is 1.54. The van der Waals surface area contributed by atoms with Crippen molar-refractivity contribution in [1.82, 2.24) is 27.4 Å². The first-order valence-electron chi connectivity index (χ1n) is 32.9. The number of alkyl halides is 6. The van der Waals surface area contributed by atoms with Crippen molar-refractivity contribution in [2.75, 3.05) is 0 Å². The van der Waals surface area contributed by atoms with Gasteiger partial charge < -0.3 is 27.4 Å². The zero-order valence-corrected chi connectivity index (χ0v) is 52.7. The van der Waals surface area contributed by atoms with Gasteiger partial charge in [0, 0.05) is 98.5 Å². The number of nitriles is 1. The Kier molecular flexibility index (Phi) is 12.0. The van der Waals surface area contributed by atoms with Crippen molar-refractivity contribution in [3.05, 3.63) is 314 Å².